The maximum atomic E-state index is 12.2. The topological polar surface area (TPSA) is 89.8 Å². The van der Waals surface area contributed by atoms with Crippen LogP contribution in [0.15, 0.2) is 53.5 Å². The number of aromatic nitrogens is 4. The van der Waals surface area contributed by atoms with E-state index in [-0.39, 0.29) is 24.4 Å². The molecular formula is C15H13N5O2. The fourth-order valence-corrected chi connectivity index (χ4v) is 2.02. The number of rotatable bonds is 4. The highest BCUT2D eigenvalue weighted by molar-refractivity contribution is 5.89. The van der Waals surface area contributed by atoms with Crippen LogP contribution in [-0.2, 0) is 11.3 Å². The summed E-state index contributed by atoms with van der Waals surface area (Å²) < 4.78 is 1.19. The average molecular weight is 295 g/mol. The third kappa shape index (κ3) is 2.98. The molecule has 3 rings (SSSR count). The monoisotopic (exact) mass is 295 g/mol. The van der Waals surface area contributed by atoms with Gasteiger partial charge in [0.1, 0.15) is 11.3 Å². The lowest BCUT2D eigenvalue weighted by molar-refractivity contribution is -0.116. The summed E-state index contributed by atoms with van der Waals surface area (Å²) in [5.41, 5.74) is 0.290. The molecule has 7 nitrogen and oxygen atoms in total. The molecule has 0 radical (unpaired) electrons. The minimum absolute atomic E-state index is 0.115. The molecule has 0 spiro atoms. The Morgan fingerprint density at radius 2 is 1.95 bits per heavy atom. The summed E-state index contributed by atoms with van der Waals surface area (Å²) >= 11 is 0. The van der Waals surface area contributed by atoms with Gasteiger partial charge in [-0.05, 0) is 24.3 Å². The molecule has 0 unspecified atom stereocenters. The Kier molecular flexibility index (Phi) is 3.86. The van der Waals surface area contributed by atoms with Gasteiger partial charge in [0.25, 0.3) is 5.56 Å². The van der Waals surface area contributed by atoms with Crippen molar-refractivity contribution in [2.24, 2.45) is 0 Å². The number of aryl methyl sites for hydroxylation is 1. The Balaban J connectivity index is 1.70. The maximum absolute atomic E-state index is 12.2. The van der Waals surface area contributed by atoms with Crippen LogP contribution in [-0.4, -0.2) is 25.9 Å². The number of benzene rings is 1. The first-order valence-electron chi connectivity index (χ1n) is 6.77. The van der Waals surface area contributed by atoms with Crippen LogP contribution in [0.4, 0.5) is 5.82 Å². The summed E-state index contributed by atoms with van der Waals surface area (Å²) in [5, 5.41) is 11.0. The Labute approximate surface area is 125 Å². The number of carbonyl (C=O) groups excluding carboxylic acids is 1. The van der Waals surface area contributed by atoms with E-state index in [1.165, 1.54) is 4.68 Å². The summed E-state index contributed by atoms with van der Waals surface area (Å²) in [5.74, 6) is 0.241. The van der Waals surface area contributed by atoms with Crippen molar-refractivity contribution in [3.8, 4) is 0 Å². The van der Waals surface area contributed by atoms with E-state index in [1.807, 2.05) is 0 Å². The van der Waals surface area contributed by atoms with Gasteiger partial charge in [0.2, 0.25) is 5.91 Å². The summed E-state index contributed by atoms with van der Waals surface area (Å²) in [4.78, 5) is 28.1. The van der Waals surface area contributed by atoms with E-state index >= 15 is 0 Å². The van der Waals surface area contributed by atoms with Crippen molar-refractivity contribution in [3.63, 3.8) is 0 Å². The fraction of sp³-hybridized carbons (Fsp3) is 0.133. The third-order valence-corrected chi connectivity index (χ3v) is 3.11. The number of carbonyl (C=O) groups is 1. The molecule has 0 saturated heterocycles. The predicted molar refractivity (Wildman–Crippen MR) is 81.3 cm³/mol. The molecule has 3 aromatic rings. The van der Waals surface area contributed by atoms with Gasteiger partial charge in [-0.15, -0.1) is 5.10 Å². The number of nitrogens with one attached hydrogen (secondary N) is 1. The molecule has 22 heavy (non-hydrogen) atoms. The average Bonchev–Trinajstić information content (AvgIpc) is 2.55. The number of pyridine rings is 1. The lowest BCUT2D eigenvalue weighted by Gasteiger charge is -2.05. The Morgan fingerprint density at radius 1 is 1.14 bits per heavy atom. The summed E-state index contributed by atoms with van der Waals surface area (Å²) in [7, 11) is 0. The van der Waals surface area contributed by atoms with Gasteiger partial charge in [-0.25, -0.2) is 9.67 Å². The zero-order valence-corrected chi connectivity index (χ0v) is 11.6. The lowest BCUT2D eigenvalue weighted by Crippen LogP contribution is -2.26. The molecule has 1 aromatic carbocycles. The van der Waals surface area contributed by atoms with E-state index in [1.54, 1.807) is 48.7 Å². The van der Waals surface area contributed by atoms with Crippen LogP contribution >= 0.6 is 0 Å². The van der Waals surface area contributed by atoms with Gasteiger partial charge < -0.3 is 5.32 Å². The second kappa shape index (κ2) is 6.13. The van der Waals surface area contributed by atoms with Crippen molar-refractivity contribution in [1.29, 1.82) is 0 Å². The minimum atomic E-state index is -0.253. The van der Waals surface area contributed by atoms with Gasteiger partial charge in [0.15, 0.2) is 0 Å². The predicted octanol–water partition coefficient (Wildman–Crippen LogP) is 1.22. The van der Waals surface area contributed by atoms with Crippen molar-refractivity contribution in [3.05, 3.63) is 59.0 Å². The molecule has 0 saturated carbocycles. The molecular weight excluding hydrogens is 282 g/mol. The second-order valence-electron chi connectivity index (χ2n) is 4.65. The zero-order valence-electron chi connectivity index (χ0n) is 11.6. The summed E-state index contributed by atoms with van der Waals surface area (Å²) in [6.45, 7) is 0.162. The van der Waals surface area contributed by atoms with Crippen LogP contribution in [0.1, 0.15) is 6.42 Å². The number of anilines is 1. The van der Waals surface area contributed by atoms with Crippen molar-refractivity contribution < 1.29 is 4.79 Å². The summed E-state index contributed by atoms with van der Waals surface area (Å²) in [6.07, 6.45) is 1.71. The van der Waals surface area contributed by atoms with Gasteiger partial charge >= 0.3 is 0 Å². The second-order valence-corrected chi connectivity index (χ2v) is 4.65. The maximum Gasteiger partial charge on any atom is 0.277 e. The largest absolute Gasteiger partial charge is 0.311 e. The van der Waals surface area contributed by atoms with E-state index < -0.39 is 0 Å². The quantitative estimate of drug-likeness (QED) is 0.781. The van der Waals surface area contributed by atoms with Gasteiger partial charge in [-0.3, -0.25) is 9.59 Å². The van der Waals surface area contributed by atoms with E-state index in [0.717, 1.165) is 0 Å². The first kappa shape index (κ1) is 13.9. The first-order chi connectivity index (χ1) is 10.7. The van der Waals surface area contributed by atoms with E-state index in [0.29, 0.717) is 16.7 Å². The molecule has 1 amide bonds. The van der Waals surface area contributed by atoms with Crippen molar-refractivity contribution in [2.75, 3.05) is 5.32 Å². The van der Waals surface area contributed by atoms with Crippen LogP contribution < -0.4 is 10.9 Å². The standard InChI is InChI=1S/C15H13N5O2/c21-14(17-13-7-3-4-9-16-13)8-10-20-15(22)11-5-1-2-6-12(11)18-19-20/h1-7,9H,8,10H2,(H,16,17,21). The Morgan fingerprint density at radius 3 is 2.77 bits per heavy atom. The molecule has 2 aromatic heterocycles. The summed E-state index contributed by atoms with van der Waals surface area (Å²) in [6, 6.07) is 12.2. The van der Waals surface area contributed by atoms with Crippen molar-refractivity contribution in [1.82, 2.24) is 20.0 Å². The highest BCUT2D eigenvalue weighted by Gasteiger charge is 2.08. The molecule has 2 heterocycles. The SMILES string of the molecule is O=C(CCn1nnc2ccccc2c1=O)Nc1ccccn1. The molecule has 0 atom stereocenters. The molecule has 0 aliphatic rings. The van der Waals surface area contributed by atoms with E-state index in [2.05, 4.69) is 20.6 Å². The number of hydrogen-bond acceptors (Lipinski definition) is 5. The number of amides is 1. The van der Waals surface area contributed by atoms with Gasteiger partial charge in [-0.2, -0.15) is 0 Å². The normalized spacial score (nSPS) is 10.5. The van der Waals surface area contributed by atoms with Crippen molar-refractivity contribution >= 4 is 22.6 Å². The van der Waals surface area contributed by atoms with Gasteiger partial charge in [0.05, 0.1) is 11.9 Å². The van der Waals surface area contributed by atoms with Crippen LogP contribution in [0.2, 0.25) is 0 Å². The molecule has 0 aliphatic heterocycles. The molecule has 0 aliphatic carbocycles. The highest BCUT2D eigenvalue weighted by Crippen LogP contribution is 2.04. The third-order valence-electron chi connectivity index (χ3n) is 3.11. The number of fused-ring (bicyclic) bond motifs is 1. The number of nitrogens with zero attached hydrogens (tertiary/aromatic N) is 4. The smallest absolute Gasteiger partial charge is 0.277 e. The Bertz CT molecular complexity index is 860. The zero-order chi connectivity index (χ0) is 15.4. The highest BCUT2D eigenvalue weighted by atomic mass is 16.2. The van der Waals surface area contributed by atoms with Crippen LogP contribution in [0, 0.1) is 0 Å². The molecule has 0 bridgehead atoms. The van der Waals surface area contributed by atoms with Gasteiger partial charge in [-0.1, -0.05) is 23.4 Å². The van der Waals surface area contributed by atoms with Crippen molar-refractivity contribution in [2.45, 2.75) is 13.0 Å². The van der Waals surface area contributed by atoms with Crippen LogP contribution in [0.25, 0.3) is 10.9 Å². The molecule has 7 heteroatoms. The Hall–Kier alpha value is -3.09. The minimum Gasteiger partial charge on any atom is -0.311 e. The first-order valence-corrected chi connectivity index (χ1v) is 6.77. The lowest BCUT2D eigenvalue weighted by atomic mass is 10.2. The number of hydrogen-bond donors (Lipinski definition) is 1. The fourth-order valence-electron chi connectivity index (χ4n) is 2.02. The molecule has 0 fully saturated rings. The van der Waals surface area contributed by atoms with Gasteiger partial charge in [0, 0.05) is 12.6 Å². The van der Waals surface area contributed by atoms with Crippen LogP contribution in [0.3, 0.4) is 0 Å². The molecule has 1 N–H and O–H groups in total. The van der Waals surface area contributed by atoms with Crippen LogP contribution in [0.5, 0.6) is 0 Å². The van der Waals surface area contributed by atoms with E-state index in [4.69, 9.17) is 0 Å². The van der Waals surface area contributed by atoms with E-state index in [9.17, 15) is 9.59 Å². The molecule has 110 valence electrons.